The second kappa shape index (κ2) is 21.5. The third kappa shape index (κ3) is 13.2. The Labute approximate surface area is 401 Å². The van der Waals surface area contributed by atoms with E-state index >= 15 is 0 Å². The van der Waals surface area contributed by atoms with Gasteiger partial charge in [0.05, 0.1) is 42.6 Å². The molecule has 354 valence electrons. The van der Waals surface area contributed by atoms with Crippen molar-refractivity contribution >= 4 is 116 Å². The van der Waals surface area contributed by atoms with Crippen LogP contribution in [0.4, 0.5) is 60.5 Å². The van der Waals surface area contributed by atoms with Gasteiger partial charge in [-0.05, 0) is 124 Å². The van der Waals surface area contributed by atoms with Crippen LogP contribution < -0.4 is 21.3 Å². The van der Waals surface area contributed by atoms with Crippen molar-refractivity contribution in [1.29, 1.82) is 0 Å². The Morgan fingerprint density at radius 1 is 0.500 bits per heavy atom. The van der Waals surface area contributed by atoms with Crippen LogP contribution in [-0.2, 0) is 31.5 Å². The highest BCUT2D eigenvalue weighted by Gasteiger charge is 2.32. The van der Waals surface area contributed by atoms with Crippen molar-refractivity contribution < 1.29 is 55.1 Å². The Kier molecular flexibility index (Phi) is 16.5. The molecule has 2 unspecified atom stereocenters. The molecule has 0 aliphatic carbocycles. The predicted molar refractivity (Wildman–Crippen MR) is 243 cm³/mol. The number of amides is 4. The second-order valence-corrected chi connectivity index (χ2v) is 16.2. The Hall–Kier alpha value is -6.74. The molecule has 0 aliphatic rings. The second-order valence-electron chi connectivity index (χ2n) is 14.5. The maximum Gasteiger partial charge on any atom is 0.416 e. The lowest BCUT2D eigenvalue weighted by Crippen LogP contribution is -2.33. The van der Waals surface area contributed by atoms with Gasteiger partial charge in [0.25, 0.3) is 23.6 Å². The minimum Gasteiger partial charge on any atom is -0.324 e. The van der Waals surface area contributed by atoms with Gasteiger partial charge in [-0.15, -0.1) is 0 Å². The van der Waals surface area contributed by atoms with Gasteiger partial charge in [-0.1, -0.05) is 46.4 Å². The topological polar surface area (TPSA) is 200 Å². The molecule has 4 N–H and O–H groups in total. The summed E-state index contributed by atoms with van der Waals surface area (Å²) in [5.74, 6) is -4.95. The van der Waals surface area contributed by atoms with E-state index in [1.54, 1.807) is 13.8 Å². The summed E-state index contributed by atoms with van der Waals surface area (Å²) < 4.78 is 78.3. The molecule has 14 nitrogen and oxygen atoms in total. The number of hydrogen-bond acceptors (Lipinski definition) is 10. The molecule has 0 heterocycles. The lowest BCUT2D eigenvalue weighted by atomic mass is 10.1. The smallest absolute Gasteiger partial charge is 0.324 e. The average Bonchev–Trinajstić information content (AvgIpc) is 3.23. The average molecular weight is 1020 g/mol. The van der Waals surface area contributed by atoms with Gasteiger partial charge in [0.15, 0.2) is 11.6 Å². The first-order valence-electron chi connectivity index (χ1n) is 19.2. The van der Waals surface area contributed by atoms with E-state index in [4.69, 9.17) is 46.4 Å². The minimum atomic E-state index is -4.66. The standard InChI is InChI=1S/C44H32Cl4F6N8O6/c1-19-13-27(55-41(67)37(21(3)63)61-59-34-15-23(5-9-28(34)45)39(65)56-32-11-7-25(17-30(32)47)43(49,50)51)14-20(2)36(19)58-42(68)38(22(4)64)62-60-35-16-24(6-10-29(35)46)40(66)57-33-12-8-26(18-31(33)48)44(52,53)54/h5-18,37-38H,1-4H3,(H,55,67)(H,56,65)(H,57,66)(H,58,68). The normalized spacial score (nSPS) is 12.7. The highest BCUT2D eigenvalue weighted by molar-refractivity contribution is 6.35. The van der Waals surface area contributed by atoms with Crippen molar-refractivity contribution in [1.82, 2.24) is 0 Å². The van der Waals surface area contributed by atoms with Crippen LogP contribution >= 0.6 is 46.4 Å². The molecular formula is C44H32Cl4F6N8O6. The first kappa shape index (κ1) is 52.2. The molecule has 0 aromatic heterocycles. The number of nitrogens with one attached hydrogen (secondary N) is 4. The van der Waals surface area contributed by atoms with Crippen LogP contribution in [0.15, 0.2) is 105 Å². The molecule has 5 aromatic carbocycles. The van der Waals surface area contributed by atoms with Crippen LogP contribution in [0.2, 0.25) is 20.1 Å². The number of benzene rings is 5. The maximum atomic E-state index is 13.4. The minimum absolute atomic E-state index is 0.0378. The molecule has 24 heteroatoms. The Bertz CT molecular complexity index is 2910. The first-order valence-corrected chi connectivity index (χ1v) is 20.8. The largest absolute Gasteiger partial charge is 0.416 e. The van der Waals surface area contributed by atoms with Gasteiger partial charge in [0.2, 0.25) is 12.1 Å². The zero-order valence-corrected chi connectivity index (χ0v) is 38.3. The van der Waals surface area contributed by atoms with E-state index in [0.717, 1.165) is 50.2 Å². The zero-order valence-electron chi connectivity index (χ0n) is 35.3. The van der Waals surface area contributed by atoms with Crippen molar-refractivity contribution in [2.75, 3.05) is 21.3 Å². The fourth-order valence-electron chi connectivity index (χ4n) is 5.95. The van der Waals surface area contributed by atoms with E-state index in [1.807, 2.05) is 0 Å². The van der Waals surface area contributed by atoms with Crippen LogP contribution in [0.5, 0.6) is 0 Å². The molecule has 4 amide bonds. The number of nitrogens with zero attached hydrogens (tertiary/aromatic N) is 4. The number of Topliss-reactive ketones (excluding diaryl/α,β-unsaturated/α-hetero) is 2. The number of hydrogen-bond donors (Lipinski definition) is 4. The van der Waals surface area contributed by atoms with Gasteiger partial charge >= 0.3 is 12.4 Å². The van der Waals surface area contributed by atoms with Crippen molar-refractivity contribution in [3.63, 3.8) is 0 Å². The third-order valence-corrected chi connectivity index (χ3v) is 10.6. The van der Waals surface area contributed by atoms with E-state index in [0.29, 0.717) is 23.3 Å². The highest BCUT2D eigenvalue weighted by atomic mass is 35.5. The summed E-state index contributed by atoms with van der Waals surface area (Å²) >= 11 is 24.4. The highest BCUT2D eigenvalue weighted by Crippen LogP contribution is 2.36. The summed E-state index contributed by atoms with van der Waals surface area (Å²) in [7, 11) is 0. The van der Waals surface area contributed by atoms with Crippen molar-refractivity contribution in [2.45, 2.75) is 52.1 Å². The number of halogens is 10. The summed E-state index contributed by atoms with van der Waals surface area (Å²) in [6.07, 6.45) is -9.32. The van der Waals surface area contributed by atoms with Crippen molar-refractivity contribution in [3.8, 4) is 0 Å². The summed E-state index contributed by atoms with van der Waals surface area (Å²) in [6, 6.07) is 11.6. The van der Waals surface area contributed by atoms with E-state index in [1.165, 1.54) is 36.4 Å². The molecule has 0 saturated heterocycles. The molecule has 0 fully saturated rings. The molecule has 0 bridgehead atoms. The first-order chi connectivity index (χ1) is 31.7. The predicted octanol–water partition coefficient (Wildman–Crippen LogP) is 12.8. The number of carbonyl (C=O) groups is 6. The Morgan fingerprint density at radius 2 is 0.882 bits per heavy atom. The van der Waals surface area contributed by atoms with E-state index in [9.17, 15) is 55.1 Å². The molecule has 0 aliphatic heterocycles. The van der Waals surface area contributed by atoms with Crippen molar-refractivity contribution in [2.24, 2.45) is 20.5 Å². The van der Waals surface area contributed by atoms with Gasteiger partial charge in [0.1, 0.15) is 11.4 Å². The fourth-order valence-corrected chi connectivity index (χ4v) is 6.71. The van der Waals surface area contributed by atoms with E-state index in [-0.39, 0.29) is 65.3 Å². The number of carbonyl (C=O) groups excluding carboxylic acids is 6. The fraction of sp³-hybridized carbons (Fsp3) is 0.182. The van der Waals surface area contributed by atoms with Crippen LogP contribution in [-0.4, -0.2) is 47.3 Å². The molecule has 5 rings (SSSR count). The monoisotopic (exact) mass is 1020 g/mol. The summed E-state index contributed by atoms with van der Waals surface area (Å²) in [5, 5.41) is 24.7. The summed E-state index contributed by atoms with van der Waals surface area (Å²) in [5.41, 5.74) is -1.59. The molecular weight excluding hydrogens is 992 g/mol. The SMILES string of the molecule is CC(=O)C(N=Nc1cc(C(=O)Nc2ccc(C(F)(F)F)cc2Cl)ccc1Cl)C(=O)Nc1cc(C)c(NC(=O)C(N=Nc2cc(C(=O)Nc3ccc(C(F)(F)F)cc3Cl)ccc2Cl)C(C)=O)c(C)c1. The molecule has 0 saturated carbocycles. The number of alkyl halides is 6. The summed E-state index contributed by atoms with van der Waals surface area (Å²) in [4.78, 5) is 77.9. The van der Waals surface area contributed by atoms with Crippen LogP contribution in [0.25, 0.3) is 0 Å². The number of ketones is 2. The van der Waals surface area contributed by atoms with Gasteiger partial charge in [-0.2, -0.15) is 46.8 Å². The van der Waals surface area contributed by atoms with Crippen molar-refractivity contribution in [3.05, 3.63) is 138 Å². The molecule has 5 aromatic rings. The number of aryl methyl sites for hydroxylation is 2. The van der Waals surface area contributed by atoms with Gasteiger partial charge in [-0.25, -0.2) is 0 Å². The molecule has 0 radical (unpaired) electrons. The lowest BCUT2D eigenvalue weighted by Gasteiger charge is -2.17. The van der Waals surface area contributed by atoms with Crippen LogP contribution in [0, 0.1) is 13.8 Å². The quantitative estimate of drug-likeness (QED) is 0.0484. The van der Waals surface area contributed by atoms with Gasteiger partial charge in [0, 0.05) is 22.5 Å². The lowest BCUT2D eigenvalue weighted by molar-refractivity contribution is -0.138. The number of azo groups is 2. The van der Waals surface area contributed by atoms with Crippen LogP contribution in [0.1, 0.15) is 56.8 Å². The van der Waals surface area contributed by atoms with Crippen LogP contribution in [0.3, 0.4) is 0 Å². The van der Waals surface area contributed by atoms with Gasteiger partial charge in [-0.3, -0.25) is 28.8 Å². The van der Waals surface area contributed by atoms with E-state index in [2.05, 4.69) is 41.7 Å². The maximum absolute atomic E-state index is 13.4. The molecule has 2 atom stereocenters. The number of anilines is 4. The third-order valence-electron chi connectivity index (χ3n) is 9.38. The summed E-state index contributed by atoms with van der Waals surface area (Å²) in [6.45, 7) is 5.28. The number of rotatable bonds is 14. The van der Waals surface area contributed by atoms with E-state index < -0.39 is 70.8 Å². The molecule has 0 spiro atoms. The Morgan fingerprint density at radius 3 is 1.24 bits per heavy atom. The van der Waals surface area contributed by atoms with Gasteiger partial charge < -0.3 is 21.3 Å². The molecule has 68 heavy (non-hydrogen) atoms. The Balaban J connectivity index is 1.26. The zero-order chi connectivity index (χ0) is 50.4.